The molecule has 0 bridgehead atoms. The first-order valence-corrected chi connectivity index (χ1v) is 22.0. The number of nitrogens with two attached hydrogens (primary N) is 1. The van der Waals surface area contributed by atoms with Crippen molar-refractivity contribution in [3.8, 4) is 0 Å². The standard InChI is InChI=1S/C47H75N7O8/c1-13-31(6)42(53(10)47(59)40(29(2)3)50-46(58)41(30(4)5)52(8)9)38(60-11)27-39(55)54-25-17-20-37(54)43(61-12)32(7)44(56)49-36(26-33-18-15-14-16-19-33)45(57)51-62-28-34-21-23-35(48)24-22-34/h14-16,18-19,21-24,29-32,36-38,40-43H,13,17,20,25-28,48H2,1-12H3,(H,49,56)(H,50,58)(H,51,57)/t31-,32+,36-,37-,38+,40-,41-,42-,43+/m0/s1. The van der Waals surface area contributed by atoms with Gasteiger partial charge in [-0.15, -0.1) is 0 Å². The van der Waals surface area contributed by atoms with Gasteiger partial charge in [0.15, 0.2) is 0 Å². The zero-order valence-corrected chi connectivity index (χ0v) is 39.2. The minimum Gasteiger partial charge on any atom is -0.399 e. The molecule has 5 amide bonds. The van der Waals surface area contributed by atoms with Gasteiger partial charge in [-0.1, -0.05) is 97.4 Å². The summed E-state index contributed by atoms with van der Waals surface area (Å²) in [5, 5.41) is 5.97. The summed E-state index contributed by atoms with van der Waals surface area (Å²) >= 11 is 0. The van der Waals surface area contributed by atoms with Crippen LogP contribution in [0.25, 0.3) is 0 Å². The Morgan fingerprint density at radius 1 is 0.823 bits per heavy atom. The van der Waals surface area contributed by atoms with Crippen LogP contribution in [0.5, 0.6) is 0 Å². The molecule has 1 saturated heterocycles. The van der Waals surface area contributed by atoms with Gasteiger partial charge in [0, 0.05) is 39.9 Å². The van der Waals surface area contributed by atoms with Crippen molar-refractivity contribution in [1.29, 1.82) is 0 Å². The number of likely N-dealkylation sites (tertiary alicyclic amines) is 1. The van der Waals surface area contributed by atoms with Crippen molar-refractivity contribution >= 4 is 35.2 Å². The van der Waals surface area contributed by atoms with E-state index in [9.17, 15) is 24.0 Å². The Morgan fingerprint density at radius 2 is 1.47 bits per heavy atom. The quantitative estimate of drug-likeness (QED) is 0.0882. The minimum atomic E-state index is -0.967. The molecule has 0 radical (unpaired) electrons. The third-order valence-electron chi connectivity index (χ3n) is 12.3. The Kier molecular flexibility index (Phi) is 20.8. The molecule has 1 aliphatic rings. The SMILES string of the molecule is CC[C@H](C)[C@@H]([C@@H](CC(=O)N1CCC[C@H]1[C@H](OC)[C@@H](C)C(=O)N[C@@H](Cc1ccccc1)C(=O)NOCc1ccc(N)cc1)OC)N(C)C(=O)[C@@H](NC(=O)[C@H](C(C)C)N(C)C)C(C)C. The van der Waals surface area contributed by atoms with Crippen LogP contribution in [-0.2, 0) is 51.3 Å². The number of hydrogen-bond acceptors (Lipinski definition) is 10. The van der Waals surface area contributed by atoms with E-state index in [1.165, 1.54) is 7.11 Å². The largest absolute Gasteiger partial charge is 0.399 e. The Hall–Kier alpha value is -4.57. The van der Waals surface area contributed by atoms with Crippen molar-refractivity contribution in [1.82, 2.24) is 30.8 Å². The molecule has 2 aromatic rings. The van der Waals surface area contributed by atoms with E-state index in [1.807, 2.05) is 90.9 Å². The topological polar surface area (TPSA) is 185 Å². The number of ether oxygens (including phenoxy) is 2. The zero-order valence-electron chi connectivity index (χ0n) is 39.2. The van der Waals surface area contributed by atoms with Gasteiger partial charge < -0.3 is 35.6 Å². The molecule has 0 unspecified atom stereocenters. The van der Waals surface area contributed by atoms with Crippen LogP contribution in [0.2, 0.25) is 0 Å². The normalized spacial score (nSPS) is 18.0. The lowest BCUT2D eigenvalue weighted by atomic mass is 9.89. The first-order valence-electron chi connectivity index (χ1n) is 22.0. The van der Waals surface area contributed by atoms with Crippen LogP contribution in [0.15, 0.2) is 54.6 Å². The van der Waals surface area contributed by atoms with Crippen LogP contribution >= 0.6 is 0 Å². The highest BCUT2D eigenvalue weighted by molar-refractivity contribution is 5.90. The Morgan fingerprint density at radius 3 is 2.02 bits per heavy atom. The van der Waals surface area contributed by atoms with Gasteiger partial charge in [-0.3, -0.25) is 33.7 Å². The Balaban J connectivity index is 1.78. The average molecular weight is 866 g/mol. The molecule has 5 N–H and O–H groups in total. The predicted octanol–water partition coefficient (Wildman–Crippen LogP) is 4.19. The zero-order chi connectivity index (χ0) is 46.3. The van der Waals surface area contributed by atoms with Crippen molar-refractivity contribution in [2.24, 2.45) is 23.7 Å². The van der Waals surface area contributed by atoms with Gasteiger partial charge >= 0.3 is 0 Å². The summed E-state index contributed by atoms with van der Waals surface area (Å²) in [6, 6.07) is 13.4. The number of anilines is 1. The number of methoxy groups -OCH3 is 2. The number of nitrogens with zero attached hydrogens (tertiary/aromatic N) is 3. The molecule has 15 nitrogen and oxygen atoms in total. The van der Waals surface area contributed by atoms with E-state index in [4.69, 9.17) is 20.0 Å². The van der Waals surface area contributed by atoms with Crippen molar-refractivity contribution in [3.05, 3.63) is 65.7 Å². The molecule has 1 aliphatic heterocycles. The van der Waals surface area contributed by atoms with E-state index in [2.05, 4.69) is 16.1 Å². The minimum absolute atomic E-state index is 0.0128. The second-order valence-electron chi connectivity index (χ2n) is 17.7. The van der Waals surface area contributed by atoms with Crippen LogP contribution in [0.1, 0.15) is 85.3 Å². The van der Waals surface area contributed by atoms with Gasteiger partial charge in [0.05, 0.1) is 49.3 Å². The number of amides is 5. The lowest BCUT2D eigenvalue weighted by Gasteiger charge is -2.41. The number of nitrogens with one attached hydrogen (secondary N) is 3. The third-order valence-corrected chi connectivity index (χ3v) is 12.3. The highest BCUT2D eigenvalue weighted by Crippen LogP contribution is 2.30. The van der Waals surface area contributed by atoms with Crippen LogP contribution in [-0.4, -0.2) is 129 Å². The number of carbonyl (C=O) groups is 5. The summed E-state index contributed by atoms with van der Waals surface area (Å²) in [5.41, 5.74) is 10.6. The van der Waals surface area contributed by atoms with Gasteiger partial charge in [0.2, 0.25) is 23.6 Å². The first kappa shape index (κ1) is 51.8. The fourth-order valence-corrected chi connectivity index (χ4v) is 8.65. The predicted molar refractivity (Wildman–Crippen MR) is 241 cm³/mol. The van der Waals surface area contributed by atoms with Crippen LogP contribution in [0, 0.1) is 23.7 Å². The third kappa shape index (κ3) is 14.2. The van der Waals surface area contributed by atoms with Crippen LogP contribution < -0.4 is 21.8 Å². The lowest BCUT2D eigenvalue weighted by molar-refractivity contribution is -0.148. The maximum absolute atomic E-state index is 14.4. The summed E-state index contributed by atoms with van der Waals surface area (Å²) in [7, 11) is 8.50. The number of carbonyl (C=O) groups excluding carboxylic acids is 5. The highest BCUT2D eigenvalue weighted by Gasteiger charge is 2.43. The van der Waals surface area contributed by atoms with Crippen molar-refractivity contribution in [2.75, 3.05) is 47.6 Å². The Bertz CT molecular complexity index is 1720. The number of rotatable bonds is 24. The molecule has 0 spiro atoms. The summed E-state index contributed by atoms with van der Waals surface area (Å²) in [6.07, 6.45) is 0.885. The molecule has 0 aliphatic carbocycles. The van der Waals surface area contributed by atoms with Crippen molar-refractivity contribution in [3.63, 3.8) is 0 Å². The fourth-order valence-electron chi connectivity index (χ4n) is 8.65. The molecule has 346 valence electrons. The number of benzene rings is 2. The number of nitrogen functional groups attached to an aromatic ring is 1. The molecule has 1 fully saturated rings. The number of likely N-dealkylation sites (N-methyl/N-ethyl adjacent to an activating group) is 2. The van der Waals surface area contributed by atoms with E-state index < -0.39 is 60.1 Å². The molecule has 0 aromatic heterocycles. The van der Waals surface area contributed by atoms with E-state index in [1.54, 1.807) is 55.1 Å². The maximum Gasteiger partial charge on any atom is 0.266 e. The first-order chi connectivity index (χ1) is 29.4. The molecule has 0 saturated carbocycles. The van der Waals surface area contributed by atoms with Crippen molar-refractivity contribution < 1.29 is 38.3 Å². The van der Waals surface area contributed by atoms with E-state index in [0.717, 1.165) is 11.1 Å². The molecule has 2 aromatic carbocycles. The van der Waals surface area contributed by atoms with Gasteiger partial charge in [-0.05, 0) is 68.0 Å². The second-order valence-corrected chi connectivity index (χ2v) is 17.7. The van der Waals surface area contributed by atoms with Gasteiger partial charge in [0.1, 0.15) is 12.1 Å². The molecular formula is C47H75N7O8. The summed E-state index contributed by atoms with van der Waals surface area (Å²) in [4.78, 5) is 80.5. The van der Waals surface area contributed by atoms with Crippen LogP contribution in [0.4, 0.5) is 5.69 Å². The van der Waals surface area contributed by atoms with Crippen molar-refractivity contribution in [2.45, 2.75) is 130 Å². The van der Waals surface area contributed by atoms with Gasteiger partial charge in [-0.25, -0.2) is 5.48 Å². The maximum atomic E-state index is 14.4. The number of hydrogen-bond donors (Lipinski definition) is 4. The van der Waals surface area contributed by atoms with Crippen LogP contribution in [0.3, 0.4) is 0 Å². The lowest BCUT2D eigenvalue weighted by Crippen LogP contribution is -2.59. The molecule has 3 rings (SSSR count). The Labute approximate surface area is 370 Å². The van der Waals surface area contributed by atoms with E-state index in [0.29, 0.717) is 31.5 Å². The smallest absolute Gasteiger partial charge is 0.266 e. The van der Waals surface area contributed by atoms with E-state index in [-0.39, 0.29) is 54.9 Å². The molecule has 62 heavy (non-hydrogen) atoms. The molecular weight excluding hydrogens is 791 g/mol. The van der Waals surface area contributed by atoms with E-state index >= 15 is 0 Å². The molecule has 15 heteroatoms. The summed E-state index contributed by atoms with van der Waals surface area (Å²) < 4.78 is 12.1. The molecule has 9 atom stereocenters. The summed E-state index contributed by atoms with van der Waals surface area (Å²) in [5.74, 6) is -2.54. The monoisotopic (exact) mass is 866 g/mol. The molecule has 1 heterocycles. The highest BCUT2D eigenvalue weighted by atomic mass is 16.7. The second kappa shape index (κ2) is 24.9. The van der Waals surface area contributed by atoms with Gasteiger partial charge in [-0.2, -0.15) is 0 Å². The summed E-state index contributed by atoms with van der Waals surface area (Å²) in [6.45, 7) is 14.1. The fraction of sp³-hybridized carbons (Fsp3) is 0.638. The number of hydroxylamine groups is 1. The van der Waals surface area contributed by atoms with Gasteiger partial charge in [0.25, 0.3) is 5.91 Å². The average Bonchev–Trinajstić information content (AvgIpc) is 3.72.